The van der Waals surface area contributed by atoms with Crippen molar-refractivity contribution < 1.29 is 9.59 Å². The maximum Gasteiger partial charge on any atom is 0.252 e. The number of anilines is 1. The van der Waals surface area contributed by atoms with E-state index in [0.717, 1.165) is 11.1 Å². The van der Waals surface area contributed by atoms with E-state index >= 15 is 0 Å². The Morgan fingerprint density at radius 3 is 2.61 bits per heavy atom. The number of carbonyl (C=O) groups excluding carboxylic acids is 2. The summed E-state index contributed by atoms with van der Waals surface area (Å²) in [4.78, 5) is 24.9. The molecule has 1 aromatic heterocycles. The molecular weight excluding hydrogens is 434 g/mol. The van der Waals surface area contributed by atoms with Crippen LogP contribution in [0.25, 0.3) is 0 Å². The summed E-state index contributed by atoms with van der Waals surface area (Å²) in [6.07, 6.45) is 0. The summed E-state index contributed by atoms with van der Waals surface area (Å²) in [7, 11) is 1.81. The summed E-state index contributed by atoms with van der Waals surface area (Å²) in [5, 5.41) is 15.3. The van der Waals surface area contributed by atoms with Crippen molar-refractivity contribution in [3.05, 3.63) is 70.0 Å². The van der Waals surface area contributed by atoms with Gasteiger partial charge in [0.25, 0.3) is 5.91 Å². The van der Waals surface area contributed by atoms with E-state index in [-0.39, 0.29) is 23.6 Å². The van der Waals surface area contributed by atoms with E-state index in [1.165, 1.54) is 11.8 Å². The molecule has 31 heavy (non-hydrogen) atoms. The van der Waals surface area contributed by atoms with Gasteiger partial charge in [0.2, 0.25) is 5.91 Å². The SMILES string of the molecule is Cc1ccc(Cl)cc1NC(=O)CSc1nnc([C@H](C)NC(=O)c2ccccc2C)n1C. The standard InChI is InChI=1S/C22H24ClN5O2S/c1-13-7-5-6-8-17(13)21(30)24-15(3)20-26-27-22(28(20)4)31-12-19(29)25-18-11-16(23)10-9-14(18)2/h5-11,15H,12H2,1-4H3,(H,24,30)(H,25,29)/t15-/m0/s1. The van der Waals surface area contributed by atoms with Crippen LogP contribution >= 0.6 is 23.4 Å². The van der Waals surface area contributed by atoms with Gasteiger partial charge in [0.05, 0.1) is 11.8 Å². The molecule has 3 aromatic rings. The van der Waals surface area contributed by atoms with E-state index in [4.69, 9.17) is 11.6 Å². The number of aryl methyl sites for hydroxylation is 2. The third kappa shape index (κ3) is 5.65. The molecule has 0 radical (unpaired) electrons. The van der Waals surface area contributed by atoms with Crippen molar-refractivity contribution in [3.63, 3.8) is 0 Å². The molecule has 2 amide bonds. The lowest BCUT2D eigenvalue weighted by Crippen LogP contribution is -2.29. The molecule has 2 aromatic carbocycles. The first-order valence-corrected chi connectivity index (χ1v) is 11.1. The first-order chi connectivity index (χ1) is 14.8. The van der Waals surface area contributed by atoms with Crippen molar-refractivity contribution in [1.82, 2.24) is 20.1 Å². The Morgan fingerprint density at radius 1 is 1.13 bits per heavy atom. The summed E-state index contributed by atoms with van der Waals surface area (Å²) in [5.41, 5.74) is 3.15. The molecule has 0 bridgehead atoms. The van der Waals surface area contributed by atoms with Crippen LogP contribution in [-0.4, -0.2) is 32.3 Å². The van der Waals surface area contributed by atoms with Crippen LogP contribution < -0.4 is 10.6 Å². The van der Waals surface area contributed by atoms with Gasteiger partial charge < -0.3 is 15.2 Å². The molecule has 0 aliphatic carbocycles. The van der Waals surface area contributed by atoms with Gasteiger partial charge in [0, 0.05) is 23.3 Å². The first-order valence-electron chi connectivity index (χ1n) is 9.71. The number of aromatic nitrogens is 3. The summed E-state index contributed by atoms with van der Waals surface area (Å²) in [6, 6.07) is 12.4. The third-order valence-corrected chi connectivity index (χ3v) is 6.05. The molecule has 0 aliphatic heterocycles. The Bertz CT molecular complexity index is 1120. The Labute approximate surface area is 190 Å². The van der Waals surface area contributed by atoms with Gasteiger partial charge in [0.1, 0.15) is 0 Å². The largest absolute Gasteiger partial charge is 0.342 e. The number of thioether (sulfide) groups is 1. The van der Waals surface area contributed by atoms with Crippen molar-refractivity contribution in [2.75, 3.05) is 11.1 Å². The molecule has 2 N–H and O–H groups in total. The summed E-state index contributed by atoms with van der Waals surface area (Å²) in [5.74, 6) is 0.442. The maximum atomic E-state index is 12.6. The second-order valence-electron chi connectivity index (χ2n) is 7.21. The number of nitrogens with zero attached hydrogens (tertiary/aromatic N) is 3. The minimum atomic E-state index is -0.345. The number of nitrogens with one attached hydrogen (secondary N) is 2. The summed E-state index contributed by atoms with van der Waals surface area (Å²) >= 11 is 7.27. The lowest BCUT2D eigenvalue weighted by Gasteiger charge is -2.14. The lowest BCUT2D eigenvalue weighted by molar-refractivity contribution is -0.113. The number of hydrogen-bond acceptors (Lipinski definition) is 5. The van der Waals surface area contributed by atoms with Gasteiger partial charge in [-0.25, -0.2) is 0 Å². The van der Waals surface area contributed by atoms with Crippen LogP contribution in [0.4, 0.5) is 5.69 Å². The number of halogens is 1. The topological polar surface area (TPSA) is 88.9 Å². The summed E-state index contributed by atoms with van der Waals surface area (Å²) in [6.45, 7) is 5.65. The quantitative estimate of drug-likeness (QED) is 0.516. The molecule has 162 valence electrons. The van der Waals surface area contributed by atoms with E-state index < -0.39 is 0 Å². The number of amides is 2. The minimum absolute atomic E-state index is 0.166. The van der Waals surface area contributed by atoms with Crippen molar-refractivity contribution in [1.29, 1.82) is 0 Å². The molecular formula is C22H24ClN5O2S. The molecule has 0 saturated carbocycles. The molecule has 1 atom stereocenters. The lowest BCUT2D eigenvalue weighted by atomic mass is 10.1. The van der Waals surface area contributed by atoms with Crippen LogP contribution in [0.3, 0.4) is 0 Å². The molecule has 7 nitrogen and oxygen atoms in total. The van der Waals surface area contributed by atoms with Gasteiger partial charge in [-0.3, -0.25) is 9.59 Å². The van der Waals surface area contributed by atoms with Gasteiger partial charge in [0.15, 0.2) is 11.0 Å². The zero-order valence-electron chi connectivity index (χ0n) is 17.8. The molecule has 3 rings (SSSR count). The zero-order chi connectivity index (χ0) is 22.5. The van der Waals surface area contributed by atoms with E-state index in [1.54, 1.807) is 22.8 Å². The Kier molecular flexibility index (Phi) is 7.35. The second-order valence-corrected chi connectivity index (χ2v) is 8.58. The minimum Gasteiger partial charge on any atom is -0.342 e. The highest BCUT2D eigenvalue weighted by atomic mass is 35.5. The highest BCUT2D eigenvalue weighted by Crippen LogP contribution is 2.22. The van der Waals surface area contributed by atoms with Crippen LogP contribution in [0, 0.1) is 13.8 Å². The highest BCUT2D eigenvalue weighted by Gasteiger charge is 2.19. The molecule has 0 unspecified atom stereocenters. The normalized spacial score (nSPS) is 11.8. The van der Waals surface area contributed by atoms with E-state index in [9.17, 15) is 9.59 Å². The van der Waals surface area contributed by atoms with Crippen molar-refractivity contribution in [2.24, 2.45) is 7.05 Å². The monoisotopic (exact) mass is 457 g/mol. The van der Waals surface area contributed by atoms with Crippen LogP contribution in [0.1, 0.15) is 40.3 Å². The number of carbonyl (C=O) groups is 2. The van der Waals surface area contributed by atoms with E-state index in [2.05, 4.69) is 20.8 Å². The average molecular weight is 458 g/mol. The van der Waals surface area contributed by atoms with E-state index in [1.807, 2.05) is 52.1 Å². The van der Waals surface area contributed by atoms with Crippen molar-refractivity contribution in [3.8, 4) is 0 Å². The van der Waals surface area contributed by atoms with Gasteiger partial charge in [-0.1, -0.05) is 47.6 Å². The summed E-state index contributed by atoms with van der Waals surface area (Å²) < 4.78 is 1.78. The van der Waals surface area contributed by atoms with Gasteiger partial charge in [-0.05, 0) is 50.1 Å². The predicted octanol–water partition coefficient (Wildman–Crippen LogP) is 4.31. The fourth-order valence-electron chi connectivity index (χ4n) is 3.04. The Hall–Kier alpha value is -2.84. The van der Waals surface area contributed by atoms with Crippen LogP contribution in [0.5, 0.6) is 0 Å². The van der Waals surface area contributed by atoms with Gasteiger partial charge in [-0.15, -0.1) is 10.2 Å². The number of hydrogen-bond donors (Lipinski definition) is 2. The third-order valence-electron chi connectivity index (χ3n) is 4.80. The molecule has 0 saturated heterocycles. The molecule has 1 heterocycles. The van der Waals surface area contributed by atoms with Gasteiger partial charge in [-0.2, -0.15) is 0 Å². The predicted molar refractivity (Wildman–Crippen MR) is 124 cm³/mol. The molecule has 9 heteroatoms. The fraction of sp³-hybridized carbons (Fsp3) is 0.273. The zero-order valence-corrected chi connectivity index (χ0v) is 19.3. The molecule has 0 spiro atoms. The second kappa shape index (κ2) is 9.98. The van der Waals surface area contributed by atoms with Crippen LogP contribution in [0.15, 0.2) is 47.6 Å². The number of benzene rings is 2. The number of rotatable bonds is 7. The highest BCUT2D eigenvalue weighted by molar-refractivity contribution is 7.99. The maximum absolute atomic E-state index is 12.6. The average Bonchev–Trinajstić information content (AvgIpc) is 3.10. The van der Waals surface area contributed by atoms with Gasteiger partial charge >= 0.3 is 0 Å². The molecule has 0 aliphatic rings. The smallest absolute Gasteiger partial charge is 0.252 e. The van der Waals surface area contributed by atoms with Crippen LogP contribution in [0.2, 0.25) is 5.02 Å². The van der Waals surface area contributed by atoms with E-state index in [0.29, 0.717) is 27.3 Å². The van der Waals surface area contributed by atoms with Crippen molar-refractivity contribution >= 4 is 40.9 Å². The Balaban J connectivity index is 1.60. The first kappa shape index (κ1) is 22.8. The van der Waals surface area contributed by atoms with Crippen LogP contribution in [-0.2, 0) is 11.8 Å². The molecule has 0 fully saturated rings. The fourth-order valence-corrected chi connectivity index (χ4v) is 3.93. The Morgan fingerprint density at radius 2 is 1.87 bits per heavy atom. The van der Waals surface area contributed by atoms with Crippen molar-refractivity contribution in [2.45, 2.75) is 32.0 Å².